The van der Waals surface area contributed by atoms with E-state index in [-0.39, 0.29) is 31.4 Å². The highest BCUT2D eigenvalue weighted by molar-refractivity contribution is 8.00. The van der Waals surface area contributed by atoms with E-state index in [2.05, 4.69) is 37.4 Å². The van der Waals surface area contributed by atoms with E-state index in [1.165, 1.54) is 43.9 Å². The van der Waals surface area contributed by atoms with E-state index in [4.69, 9.17) is 30.1 Å². The van der Waals surface area contributed by atoms with E-state index in [0.29, 0.717) is 12.3 Å². The normalized spacial score (nSPS) is 14.8. The Morgan fingerprint density at radius 3 is 2.19 bits per heavy atom. The van der Waals surface area contributed by atoms with Gasteiger partial charge in [-0.2, -0.15) is 0 Å². The van der Waals surface area contributed by atoms with Gasteiger partial charge < -0.3 is 35.2 Å². The lowest BCUT2D eigenvalue weighted by atomic mass is 10.0. The van der Waals surface area contributed by atoms with Gasteiger partial charge in [-0.25, -0.2) is 4.57 Å². The van der Waals surface area contributed by atoms with Crippen molar-refractivity contribution in [2.24, 2.45) is 11.7 Å². The number of unbranched alkanes of at least 4 members (excludes halogenated alkanes) is 8. The molecule has 0 saturated heterocycles. The van der Waals surface area contributed by atoms with Gasteiger partial charge in [0.2, 0.25) is 0 Å². The number of rotatable bonds is 33. The average molecular weight is 776 g/mol. The molecule has 300 valence electrons. The van der Waals surface area contributed by atoms with Crippen LogP contribution in [0.4, 0.5) is 0 Å². The van der Waals surface area contributed by atoms with Crippen LogP contribution in [0, 0.1) is 5.92 Å². The van der Waals surface area contributed by atoms with Crippen molar-refractivity contribution in [2.75, 3.05) is 19.0 Å². The van der Waals surface area contributed by atoms with Gasteiger partial charge in [0, 0.05) is 23.8 Å². The number of hydrogen-bond acceptors (Lipinski definition) is 10. The van der Waals surface area contributed by atoms with E-state index in [0.717, 1.165) is 38.5 Å². The van der Waals surface area contributed by atoms with Crippen LogP contribution in [0.25, 0.3) is 0 Å². The number of thioether (sulfide) groups is 1. The zero-order chi connectivity index (χ0) is 39.0. The Bertz CT molecular complexity index is 1120. The minimum absolute atomic E-state index is 0.0406. The van der Waals surface area contributed by atoms with Crippen molar-refractivity contribution in [1.29, 1.82) is 0 Å². The molecule has 0 aliphatic heterocycles. The Labute approximate surface area is 315 Å². The van der Waals surface area contributed by atoms with Crippen molar-refractivity contribution in [1.82, 2.24) is 0 Å². The first-order chi connectivity index (χ1) is 24.7. The quantitative estimate of drug-likeness (QED) is 0.0144. The average Bonchev–Trinajstić information content (AvgIpc) is 3.07. The fraction of sp³-hybridized carbons (Fsp3) is 0.711. The van der Waals surface area contributed by atoms with E-state index >= 15 is 0 Å². The molecule has 0 amide bonds. The molecule has 0 bridgehead atoms. The van der Waals surface area contributed by atoms with Crippen LogP contribution in [0.5, 0.6) is 0 Å². The van der Waals surface area contributed by atoms with Crippen LogP contribution in [0.15, 0.2) is 48.6 Å². The summed E-state index contributed by atoms with van der Waals surface area (Å²) >= 11 is 1.20. The Morgan fingerprint density at radius 1 is 0.827 bits per heavy atom. The lowest BCUT2D eigenvalue weighted by Gasteiger charge is -2.22. The van der Waals surface area contributed by atoms with E-state index in [1.54, 1.807) is 12.2 Å². The van der Waals surface area contributed by atoms with Crippen molar-refractivity contribution in [2.45, 2.75) is 147 Å². The molecule has 0 radical (unpaired) electrons. The number of carboxylic acids is 1. The summed E-state index contributed by atoms with van der Waals surface area (Å²) in [5.41, 5.74) is 6.07. The van der Waals surface area contributed by atoms with Crippen LogP contribution in [-0.2, 0) is 32.9 Å². The van der Waals surface area contributed by atoms with Gasteiger partial charge in [-0.3, -0.25) is 18.9 Å². The van der Waals surface area contributed by atoms with Crippen LogP contribution in [0.3, 0.4) is 0 Å². The summed E-state index contributed by atoms with van der Waals surface area (Å²) in [6, 6.07) is -1.14. The van der Waals surface area contributed by atoms with Crippen LogP contribution in [0.1, 0.15) is 124 Å². The summed E-state index contributed by atoms with van der Waals surface area (Å²) in [4.78, 5) is 54.4. The molecular formula is C38H66NO11PS. The monoisotopic (exact) mass is 775 g/mol. The van der Waals surface area contributed by atoms with Gasteiger partial charge in [0.25, 0.3) is 0 Å². The second kappa shape index (κ2) is 32.2. The zero-order valence-electron chi connectivity index (χ0n) is 31.5. The van der Waals surface area contributed by atoms with Gasteiger partial charge in [-0.15, -0.1) is 11.8 Å². The molecule has 0 fully saturated rings. The van der Waals surface area contributed by atoms with E-state index in [9.17, 15) is 24.1 Å². The highest BCUT2D eigenvalue weighted by Crippen LogP contribution is 2.36. The summed E-state index contributed by atoms with van der Waals surface area (Å²) < 4.78 is 26.3. The lowest BCUT2D eigenvalue weighted by Crippen LogP contribution is -2.38. The van der Waals surface area contributed by atoms with Gasteiger partial charge in [0.1, 0.15) is 12.6 Å². The first-order valence-electron chi connectivity index (χ1n) is 18.7. The highest BCUT2D eigenvalue weighted by Gasteiger charge is 2.26. The molecule has 14 heteroatoms. The third-order valence-electron chi connectivity index (χ3n) is 7.77. The minimum Gasteiger partial charge on any atom is -0.481 e. The smallest absolute Gasteiger partial charge is 0.469 e. The molecular weight excluding hydrogens is 709 g/mol. The number of esters is 2. The first kappa shape index (κ1) is 49.8. The topological polar surface area (TPSA) is 203 Å². The number of aliphatic hydroxyl groups is 1. The van der Waals surface area contributed by atoms with Crippen molar-refractivity contribution in [3.05, 3.63) is 48.6 Å². The number of hydrogen-bond donors (Lipinski definition) is 5. The molecule has 0 spiro atoms. The maximum absolute atomic E-state index is 12.7. The molecule has 6 N–H and O–H groups in total. The molecule has 0 aromatic rings. The number of carbonyl (C=O) groups excluding carboxylic acids is 2. The number of nitrogens with two attached hydrogens (primary N) is 1. The van der Waals surface area contributed by atoms with Gasteiger partial charge in [-0.1, -0.05) is 121 Å². The second-order valence-corrected chi connectivity index (χ2v) is 15.7. The predicted octanol–water partition coefficient (Wildman–Crippen LogP) is 7.57. The first-order valence-corrected chi connectivity index (χ1v) is 21.3. The number of allylic oxidation sites excluding steroid dienone is 7. The molecule has 0 aromatic heterocycles. The highest BCUT2D eigenvalue weighted by atomic mass is 32.2. The molecule has 0 saturated carbocycles. The van der Waals surface area contributed by atoms with Crippen molar-refractivity contribution in [3.63, 3.8) is 0 Å². The van der Waals surface area contributed by atoms with Gasteiger partial charge in [-0.05, 0) is 44.4 Å². The van der Waals surface area contributed by atoms with Crippen molar-refractivity contribution < 1.29 is 52.9 Å². The molecule has 0 aliphatic carbocycles. The van der Waals surface area contributed by atoms with Crippen LogP contribution in [-0.4, -0.2) is 80.4 Å². The lowest BCUT2D eigenvalue weighted by molar-refractivity contribution is -0.161. The number of carbonyl (C=O) groups is 3. The number of carboxylic acid groups (broad SMARTS) is 1. The Hall–Kier alpha value is -2.25. The summed E-state index contributed by atoms with van der Waals surface area (Å²) in [5.74, 6) is -1.67. The number of phosphoric acid groups is 1. The Morgan fingerprint density at radius 2 is 1.52 bits per heavy atom. The number of ether oxygens (including phenoxy) is 2. The Kier molecular flexibility index (Phi) is 30.8. The number of aliphatic carboxylic acids is 1. The standard InChI is InChI=1S/C38H66NO11PS/c1-4-5-6-7-8-9-10-11-12-13-17-20-25-35(34(40)24-22-26-36(41)42)52-30-33(39)38(44)48-28-32(29-49-51(45,46)47)50-37(43)27-21-18-15-14-16-19-23-31(2)3/h8-9,11-13,17,20,25,31-35,40H,4-7,10,14-16,18-19,21-24,26-30,39H2,1-3H3,(H,41,42)(H2,45,46,47)/b9-8-,12-11-,17-13+,25-20+/t32-,33+,34+,35-/m1/s1. The minimum atomic E-state index is -4.88. The third kappa shape index (κ3) is 32.4. The maximum Gasteiger partial charge on any atom is 0.469 e. The summed E-state index contributed by atoms with van der Waals surface area (Å²) in [5, 5.41) is 19.3. The molecule has 0 aliphatic rings. The molecule has 12 nitrogen and oxygen atoms in total. The maximum atomic E-state index is 12.7. The molecule has 0 rings (SSSR count). The second-order valence-electron chi connectivity index (χ2n) is 13.2. The van der Waals surface area contributed by atoms with Crippen LogP contribution >= 0.6 is 19.6 Å². The summed E-state index contributed by atoms with van der Waals surface area (Å²) in [7, 11) is -4.88. The molecule has 52 heavy (non-hydrogen) atoms. The van der Waals surface area contributed by atoms with E-state index in [1.807, 2.05) is 24.3 Å². The Balaban J connectivity index is 5.04. The molecule has 4 atom stereocenters. The van der Waals surface area contributed by atoms with E-state index < -0.39 is 62.4 Å². The molecule has 0 aromatic carbocycles. The van der Waals surface area contributed by atoms with Gasteiger partial charge in [0.05, 0.1) is 12.7 Å². The molecule has 0 heterocycles. The largest absolute Gasteiger partial charge is 0.481 e. The van der Waals surface area contributed by atoms with Crippen LogP contribution in [0.2, 0.25) is 0 Å². The number of phosphoric ester groups is 1. The van der Waals surface area contributed by atoms with Crippen LogP contribution < -0.4 is 5.73 Å². The number of aliphatic hydroxyl groups excluding tert-OH is 1. The summed E-state index contributed by atoms with van der Waals surface area (Å²) in [6.07, 6.45) is 26.4. The fourth-order valence-electron chi connectivity index (χ4n) is 4.82. The SMILES string of the molecule is CCCCC/C=C\C\C=C/C=C/C=C/[C@@H](SC[C@H](N)C(=O)OC[C@H](COP(=O)(O)O)OC(=O)CCCCCCCCC(C)C)[C@@H](O)CCCC(=O)O. The van der Waals surface area contributed by atoms with Crippen molar-refractivity contribution >= 4 is 37.5 Å². The summed E-state index contributed by atoms with van der Waals surface area (Å²) in [6.45, 7) is 5.37. The predicted molar refractivity (Wildman–Crippen MR) is 208 cm³/mol. The third-order valence-corrected chi connectivity index (χ3v) is 9.67. The zero-order valence-corrected chi connectivity index (χ0v) is 33.2. The molecule has 0 unspecified atom stereocenters. The fourth-order valence-corrected chi connectivity index (χ4v) is 6.31. The van der Waals surface area contributed by atoms with Gasteiger partial charge in [0.15, 0.2) is 6.10 Å². The van der Waals surface area contributed by atoms with Gasteiger partial charge >= 0.3 is 25.7 Å². The van der Waals surface area contributed by atoms with Crippen molar-refractivity contribution in [3.8, 4) is 0 Å².